The van der Waals surface area contributed by atoms with Crippen LogP contribution in [0.4, 0.5) is 5.69 Å². The number of ether oxygens (including phenoxy) is 1. The first-order valence-electron chi connectivity index (χ1n) is 10.8. The van der Waals surface area contributed by atoms with Crippen molar-refractivity contribution in [2.75, 3.05) is 11.4 Å². The summed E-state index contributed by atoms with van der Waals surface area (Å²) >= 11 is 0. The number of anilines is 1. The summed E-state index contributed by atoms with van der Waals surface area (Å²) in [6, 6.07) is 9.71. The molecular weight excluding hydrogens is 378 g/mol. The van der Waals surface area contributed by atoms with E-state index in [1.165, 1.54) is 12.8 Å². The van der Waals surface area contributed by atoms with Crippen molar-refractivity contribution in [3.05, 3.63) is 53.2 Å². The molecule has 2 fully saturated rings. The topological polar surface area (TPSA) is 71.5 Å². The van der Waals surface area contributed by atoms with Crippen LogP contribution in [-0.2, 0) is 16.1 Å². The normalized spacial score (nSPS) is 19.3. The van der Waals surface area contributed by atoms with E-state index in [1.54, 1.807) is 11.1 Å². The number of hydrogen-bond acceptors (Lipinski definition) is 4. The number of nitrogens with zero attached hydrogens (tertiary/aromatic N) is 2. The lowest BCUT2D eigenvalue weighted by atomic mass is 10.1. The SMILES string of the molecule is Cc1cccc(N2CC(C(=O)NCc3cccnc3OC3CCCC3)CC2=O)c1C. The Morgan fingerprint density at radius 3 is 2.80 bits per heavy atom. The highest BCUT2D eigenvalue weighted by molar-refractivity contribution is 6.00. The summed E-state index contributed by atoms with van der Waals surface area (Å²) in [7, 11) is 0. The number of pyridine rings is 1. The molecule has 1 aliphatic heterocycles. The summed E-state index contributed by atoms with van der Waals surface area (Å²) in [6.45, 7) is 4.80. The zero-order valence-electron chi connectivity index (χ0n) is 17.7. The Hall–Kier alpha value is -2.89. The lowest BCUT2D eigenvalue weighted by molar-refractivity contribution is -0.126. The van der Waals surface area contributed by atoms with Crippen LogP contribution in [0.15, 0.2) is 36.5 Å². The van der Waals surface area contributed by atoms with Crippen LogP contribution in [0.1, 0.15) is 48.8 Å². The first-order valence-corrected chi connectivity index (χ1v) is 10.8. The molecule has 1 unspecified atom stereocenters. The highest BCUT2D eigenvalue weighted by atomic mass is 16.5. The number of nitrogens with one attached hydrogen (secondary N) is 1. The van der Waals surface area contributed by atoms with Gasteiger partial charge in [-0.2, -0.15) is 0 Å². The number of benzene rings is 1. The van der Waals surface area contributed by atoms with Crippen molar-refractivity contribution in [2.45, 2.75) is 58.6 Å². The third kappa shape index (κ3) is 4.32. The fourth-order valence-corrected chi connectivity index (χ4v) is 4.30. The second-order valence-corrected chi connectivity index (χ2v) is 8.33. The Kier molecular flexibility index (Phi) is 6.02. The van der Waals surface area contributed by atoms with Crippen LogP contribution in [0.3, 0.4) is 0 Å². The van der Waals surface area contributed by atoms with E-state index in [2.05, 4.69) is 10.3 Å². The van der Waals surface area contributed by atoms with E-state index in [-0.39, 0.29) is 30.3 Å². The van der Waals surface area contributed by atoms with Crippen LogP contribution in [0.2, 0.25) is 0 Å². The minimum absolute atomic E-state index is 0.00418. The third-order valence-electron chi connectivity index (χ3n) is 6.25. The molecule has 2 heterocycles. The number of amides is 2. The molecule has 1 aliphatic carbocycles. The molecule has 1 atom stereocenters. The lowest BCUT2D eigenvalue weighted by Gasteiger charge is -2.20. The fourth-order valence-electron chi connectivity index (χ4n) is 4.30. The van der Waals surface area contributed by atoms with Gasteiger partial charge in [-0.05, 0) is 62.8 Å². The molecule has 1 saturated carbocycles. The molecule has 6 nitrogen and oxygen atoms in total. The first-order chi connectivity index (χ1) is 14.5. The number of aryl methyl sites for hydroxylation is 1. The minimum atomic E-state index is -0.353. The Bertz CT molecular complexity index is 937. The second kappa shape index (κ2) is 8.86. The number of aromatic nitrogens is 1. The van der Waals surface area contributed by atoms with Crippen molar-refractivity contribution in [1.29, 1.82) is 0 Å². The van der Waals surface area contributed by atoms with E-state index in [0.29, 0.717) is 19.0 Å². The van der Waals surface area contributed by atoms with Crippen LogP contribution in [-0.4, -0.2) is 29.4 Å². The molecule has 2 amide bonds. The summed E-state index contributed by atoms with van der Waals surface area (Å²) in [5, 5.41) is 2.99. The van der Waals surface area contributed by atoms with Gasteiger partial charge in [-0.1, -0.05) is 18.2 Å². The largest absolute Gasteiger partial charge is 0.474 e. The Morgan fingerprint density at radius 1 is 1.20 bits per heavy atom. The molecule has 0 radical (unpaired) electrons. The number of carbonyl (C=O) groups is 2. The standard InChI is InChI=1S/C24H29N3O3/c1-16-7-5-11-21(17(16)2)27-15-19(13-22(27)28)23(29)26-14-18-8-6-12-25-24(18)30-20-9-3-4-10-20/h5-8,11-12,19-20H,3-4,9-10,13-15H2,1-2H3,(H,26,29). The minimum Gasteiger partial charge on any atom is -0.474 e. The van der Waals surface area contributed by atoms with Gasteiger partial charge >= 0.3 is 0 Å². The summed E-state index contributed by atoms with van der Waals surface area (Å²) in [5.74, 6) is 0.139. The van der Waals surface area contributed by atoms with Crippen LogP contribution in [0, 0.1) is 19.8 Å². The molecule has 6 heteroatoms. The number of rotatable bonds is 6. The molecule has 1 N–H and O–H groups in total. The molecule has 1 aromatic heterocycles. The molecule has 2 aliphatic rings. The van der Waals surface area contributed by atoms with Gasteiger partial charge in [0, 0.05) is 37.0 Å². The Balaban J connectivity index is 1.38. The van der Waals surface area contributed by atoms with Gasteiger partial charge in [0.05, 0.1) is 5.92 Å². The maximum Gasteiger partial charge on any atom is 0.227 e. The zero-order valence-corrected chi connectivity index (χ0v) is 17.7. The second-order valence-electron chi connectivity index (χ2n) is 8.33. The van der Waals surface area contributed by atoms with Crippen molar-refractivity contribution in [1.82, 2.24) is 10.3 Å². The summed E-state index contributed by atoms with van der Waals surface area (Å²) in [4.78, 5) is 31.5. The van der Waals surface area contributed by atoms with Gasteiger partial charge in [-0.25, -0.2) is 4.98 Å². The van der Waals surface area contributed by atoms with Crippen LogP contribution >= 0.6 is 0 Å². The number of hydrogen-bond donors (Lipinski definition) is 1. The third-order valence-corrected chi connectivity index (χ3v) is 6.25. The van der Waals surface area contributed by atoms with Gasteiger partial charge in [-0.15, -0.1) is 0 Å². The van der Waals surface area contributed by atoms with E-state index in [9.17, 15) is 9.59 Å². The molecule has 0 bridgehead atoms. The van der Waals surface area contributed by atoms with E-state index < -0.39 is 0 Å². The number of carbonyl (C=O) groups excluding carboxylic acids is 2. The molecular formula is C24H29N3O3. The van der Waals surface area contributed by atoms with Crippen LogP contribution in [0.25, 0.3) is 0 Å². The molecule has 1 saturated heterocycles. The van der Waals surface area contributed by atoms with Crippen molar-refractivity contribution >= 4 is 17.5 Å². The molecule has 30 heavy (non-hydrogen) atoms. The fraction of sp³-hybridized carbons (Fsp3) is 0.458. The monoisotopic (exact) mass is 407 g/mol. The highest BCUT2D eigenvalue weighted by Gasteiger charge is 2.35. The van der Waals surface area contributed by atoms with E-state index in [4.69, 9.17) is 4.74 Å². The van der Waals surface area contributed by atoms with Crippen molar-refractivity contribution < 1.29 is 14.3 Å². The Morgan fingerprint density at radius 2 is 2.00 bits per heavy atom. The first kappa shape index (κ1) is 20.4. The van der Waals surface area contributed by atoms with Crippen LogP contribution in [0.5, 0.6) is 5.88 Å². The van der Waals surface area contributed by atoms with Crippen molar-refractivity contribution in [3.8, 4) is 5.88 Å². The maximum absolute atomic E-state index is 12.8. The van der Waals surface area contributed by atoms with Gasteiger partial charge in [-0.3, -0.25) is 9.59 Å². The maximum atomic E-state index is 12.8. The summed E-state index contributed by atoms with van der Waals surface area (Å²) in [6.07, 6.45) is 6.66. The van der Waals surface area contributed by atoms with Crippen molar-refractivity contribution in [2.24, 2.45) is 5.92 Å². The molecule has 1 aromatic carbocycles. The summed E-state index contributed by atoms with van der Waals surface area (Å²) in [5.41, 5.74) is 3.99. The predicted octanol–water partition coefficient (Wildman–Crippen LogP) is 3.69. The van der Waals surface area contributed by atoms with E-state index in [0.717, 1.165) is 35.2 Å². The van der Waals surface area contributed by atoms with Crippen LogP contribution < -0.4 is 15.0 Å². The predicted molar refractivity (Wildman–Crippen MR) is 115 cm³/mol. The smallest absolute Gasteiger partial charge is 0.227 e. The van der Waals surface area contributed by atoms with Gasteiger partial charge in [0.2, 0.25) is 17.7 Å². The average molecular weight is 408 g/mol. The van der Waals surface area contributed by atoms with E-state index in [1.807, 2.05) is 44.2 Å². The molecule has 0 spiro atoms. The molecule has 2 aromatic rings. The van der Waals surface area contributed by atoms with Crippen molar-refractivity contribution in [3.63, 3.8) is 0 Å². The molecule has 158 valence electrons. The van der Waals surface area contributed by atoms with Gasteiger partial charge < -0.3 is 15.0 Å². The zero-order chi connectivity index (χ0) is 21.1. The quantitative estimate of drug-likeness (QED) is 0.793. The average Bonchev–Trinajstić information content (AvgIpc) is 3.39. The van der Waals surface area contributed by atoms with E-state index >= 15 is 0 Å². The van der Waals surface area contributed by atoms with Gasteiger partial charge in [0.1, 0.15) is 6.10 Å². The summed E-state index contributed by atoms with van der Waals surface area (Å²) < 4.78 is 6.06. The van der Waals surface area contributed by atoms with Gasteiger partial charge in [0.15, 0.2) is 0 Å². The van der Waals surface area contributed by atoms with Gasteiger partial charge in [0.25, 0.3) is 0 Å². The Labute approximate surface area is 177 Å². The highest BCUT2D eigenvalue weighted by Crippen LogP contribution is 2.30. The molecule has 4 rings (SSSR count). The lowest BCUT2D eigenvalue weighted by Crippen LogP contribution is -2.33.